The monoisotopic (exact) mass is 346 g/mol. The molecule has 0 aliphatic carbocycles. The van der Waals surface area contributed by atoms with Crippen molar-refractivity contribution in [2.45, 2.75) is 47.0 Å². The van der Waals surface area contributed by atoms with Crippen molar-refractivity contribution < 1.29 is 0 Å². The van der Waals surface area contributed by atoms with E-state index in [-0.39, 0.29) is 5.41 Å². The van der Waals surface area contributed by atoms with Crippen LogP contribution in [0.2, 0.25) is 0 Å². The molecule has 0 atom stereocenters. The Morgan fingerprint density at radius 3 is 2.04 bits per heavy atom. The van der Waals surface area contributed by atoms with Gasteiger partial charge in [0.05, 0.1) is 0 Å². The molecule has 3 heterocycles. The van der Waals surface area contributed by atoms with Crippen molar-refractivity contribution >= 4 is 22.5 Å². The van der Waals surface area contributed by atoms with Gasteiger partial charge in [0, 0.05) is 54.4 Å². The summed E-state index contributed by atoms with van der Waals surface area (Å²) in [5.41, 5.74) is 2.22. The van der Waals surface area contributed by atoms with Crippen molar-refractivity contribution in [3.8, 4) is 0 Å². The summed E-state index contributed by atoms with van der Waals surface area (Å²) in [6.45, 7) is 16.4. The van der Waals surface area contributed by atoms with Gasteiger partial charge < -0.3 is 9.80 Å². The Morgan fingerprint density at radius 1 is 0.875 bits per heavy atom. The minimum Gasteiger partial charge on any atom is -0.353 e. The first-order valence-electron chi connectivity index (χ1n) is 8.41. The molecule has 1 saturated heterocycles. The summed E-state index contributed by atoms with van der Waals surface area (Å²) in [6.07, 6.45) is 0. The molecule has 2 aromatic heterocycles. The predicted octanol–water partition coefficient (Wildman–Crippen LogP) is 2.88. The molecule has 0 saturated carbocycles. The number of aryl methyl sites for hydroxylation is 2. The molecule has 1 aliphatic rings. The van der Waals surface area contributed by atoms with E-state index in [4.69, 9.17) is 9.97 Å². The predicted molar refractivity (Wildman–Crippen MR) is 99.3 cm³/mol. The maximum Gasteiger partial charge on any atom is 0.205 e. The summed E-state index contributed by atoms with van der Waals surface area (Å²) >= 11 is 1.49. The Morgan fingerprint density at radius 2 is 1.50 bits per heavy atom. The molecule has 1 aliphatic heterocycles. The largest absolute Gasteiger partial charge is 0.353 e. The van der Waals surface area contributed by atoms with Gasteiger partial charge in [-0.1, -0.05) is 20.8 Å². The van der Waals surface area contributed by atoms with Crippen molar-refractivity contribution in [3.63, 3.8) is 0 Å². The van der Waals surface area contributed by atoms with Gasteiger partial charge in [0.25, 0.3) is 0 Å². The highest BCUT2D eigenvalue weighted by Crippen LogP contribution is 2.27. The van der Waals surface area contributed by atoms with Crippen LogP contribution in [-0.2, 0) is 5.41 Å². The van der Waals surface area contributed by atoms with Crippen molar-refractivity contribution in [1.82, 2.24) is 19.3 Å². The molecule has 0 bridgehead atoms. The van der Waals surface area contributed by atoms with Gasteiger partial charge in [-0.25, -0.2) is 15.0 Å². The number of hydrogen-bond acceptors (Lipinski definition) is 7. The van der Waals surface area contributed by atoms with E-state index in [1.807, 2.05) is 6.92 Å². The van der Waals surface area contributed by atoms with Crippen molar-refractivity contribution in [2.24, 2.45) is 0 Å². The number of anilines is 2. The Labute approximate surface area is 148 Å². The summed E-state index contributed by atoms with van der Waals surface area (Å²) in [4.78, 5) is 18.8. The highest BCUT2D eigenvalue weighted by Gasteiger charge is 2.25. The van der Waals surface area contributed by atoms with Crippen LogP contribution in [0.25, 0.3) is 0 Å². The van der Waals surface area contributed by atoms with Crippen molar-refractivity contribution in [2.75, 3.05) is 36.0 Å². The molecule has 3 rings (SSSR count). The standard InChI is InChI=1S/C17H26N6S/c1-11-12(2)18-15(17(4,5)6)20-14(11)22-7-9-23(10-8-22)16-19-13(3)21-24-16/h7-10H2,1-6H3. The van der Waals surface area contributed by atoms with Gasteiger partial charge in [-0.05, 0) is 20.8 Å². The molecule has 0 unspecified atom stereocenters. The lowest BCUT2D eigenvalue weighted by atomic mass is 9.95. The smallest absolute Gasteiger partial charge is 0.205 e. The van der Waals surface area contributed by atoms with Crippen molar-refractivity contribution in [1.29, 1.82) is 0 Å². The molecule has 7 heteroatoms. The molecule has 0 spiro atoms. The van der Waals surface area contributed by atoms with Crippen LogP contribution in [0.15, 0.2) is 0 Å². The van der Waals surface area contributed by atoms with E-state index in [1.165, 1.54) is 17.1 Å². The number of piperazine rings is 1. The van der Waals surface area contributed by atoms with Crippen LogP contribution in [0.3, 0.4) is 0 Å². The second kappa shape index (κ2) is 6.27. The highest BCUT2D eigenvalue weighted by molar-refractivity contribution is 7.09. The summed E-state index contributed by atoms with van der Waals surface area (Å²) in [5, 5.41) is 1.03. The second-order valence-corrected chi connectivity index (χ2v) is 8.16. The molecule has 6 nitrogen and oxygen atoms in total. The zero-order chi connectivity index (χ0) is 17.5. The van der Waals surface area contributed by atoms with Gasteiger partial charge in [-0.15, -0.1) is 0 Å². The Kier molecular flexibility index (Phi) is 4.46. The average molecular weight is 347 g/mol. The summed E-state index contributed by atoms with van der Waals surface area (Å²) in [7, 11) is 0. The minimum absolute atomic E-state index is 0.0425. The van der Waals surface area contributed by atoms with Gasteiger partial charge in [-0.3, -0.25) is 0 Å². The fourth-order valence-electron chi connectivity index (χ4n) is 2.78. The molecule has 1 fully saturated rings. The summed E-state index contributed by atoms with van der Waals surface area (Å²) in [6, 6.07) is 0. The third-order valence-electron chi connectivity index (χ3n) is 4.40. The number of aromatic nitrogens is 4. The van der Waals surface area contributed by atoms with Crippen LogP contribution in [0.5, 0.6) is 0 Å². The van der Waals surface area contributed by atoms with Crippen LogP contribution in [-0.4, -0.2) is 45.5 Å². The molecule has 2 aromatic rings. The van der Waals surface area contributed by atoms with Crippen molar-refractivity contribution in [3.05, 3.63) is 22.9 Å². The van der Waals surface area contributed by atoms with E-state index in [9.17, 15) is 0 Å². The molecule has 0 radical (unpaired) electrons. The fourth-order valence-corrected chi connectivity index (χ4v) is 3.51. The summed E-state index contributed by atoms with van der Waals surface area (Å²) in [5.74, 6) is 2.86. The zero-order valence-electron chi connectivity index (χ0n) is 15.4. The van der Waals surface area contributed by atoms with Gasteiger partial charge >= 0.3 is 0 Å². The van der Waals surface area contributed by atoms with E-state index in [0.717, 1.165) is 54.5 Å². The van der Waals surface area contributed by atoms with Gasteiger partial charge in [0.2, 0.25) is 5.13 Å². The first-order valence-corrected chi connectivity index (χ1v) is 9.19. The molecule has 130 valence electrons. The van der Waals surface area contributed by atoms with Crippen LogP contribution < -0.4 is 9.80 Å². The number of rotatable bonds is 2. The molecule has 0 N–H and O–H groups in total. The second-order valence-electron chi connectivity index (χ2n) is 7.43. The third-order valence-corrected chi connectivity index (χ3v) is 5.27. The fraction of sp³-hybridized carbons (Fsp3) is 0.647. The Balaban J connectivity index is 1.80. The van der Waals surface area contributed by atoms with Gasteiger partial charge in [0.1, 0.15) is 17.5 Å². The molecule has 0 aromatic carbocycles. The lowest BCUT2D eigenvalue weighted by molar-refractivity contribution is 0.538. The Bertz CT molecular complexity index is 725. The highest BCUT2D eigenvalue weighted by atomic mass is 32.1. The summed E-state index contributed by atoms with van der Waals surface area (Å²) < 4.78 is 4.29. The van der Waals surface area contributed by atoms with Crippen LogP contribution in [0.1, 0.15) is 43.7 Å². The lowest BCUT2D eigenvalue weighted by Crippen LogP contribution is -2.47. The quantitative estimate of drug-likeness (QED) is 0.833. The number of hydrogen-bond donors (Lipinski definition) is 0. The van der Waals surface area contributed by atoms with Crippen LogP contribution in [0, 0.1) is 20.8 Å². The molecule has 0 amide bonds. The molecule has 24 heavy (non-hydrogen) atoms. The zero-order valence-corrected chi connectivity index (χ0v) is 16.2. The van der Waals surface area contributed by atoms with E-state index < -0.39 is 0 Å². The Hall–Kier alpha value is -1.76. The first kappa shape index (κ1) is 17.1. The lowest BCUT2D eigenvalue weighted by Gasteiger charge is -2.36. The van der Waals surface area contributed by atoms with Crippen LogP contribution in [0.4, 0.5) is 10.9 Å². The number of nitrogens with zero attached hydrogens (tertiary/aromatic N) is 6. The molecular weight excluding hydrogens is 320 g/mol. The van der Waals surface area contributed by atoms with E-state index in [2.05, 4.69) is 53.8 Å². The average Bonchev–Trinajstić information content (AvgIpc) is 2.95. The maximum absolute atomic E-state index is 4.90. The SMILES string of the molecule is Cc1nsc(N2CCN(c3nc(C(C)(C)C)nc(C)c3C)CC2)n1. The molecular formula is C17H26N6S. The third kappa shape index (κ3) is 3.36. The van der Waals surface area contributed by atoms with E-state index in [0.29, 0.717) is 0 Å². The van der Waals surface area contributed by atoms with Gasteiger partial charge in [-0.2, -0.15) is 4.37 Å². The normalized spacial score (nSPS) is 15.9. The first-order chi connectivity index (χ1) is 11.3. The van der Waals surface area contributed by atoms with E-state index >= 15 is 0 Å². The van der Waals surface area contributed by atoms with Gasteiger partial charge in [0.15, 0.2) is 0 Å². The topological polar surface area (TPSA) is 58.0 Å². The maximum atomic E-state index is 4.90. The van der Waals surface area contributed by atoms with E-state index in [1.54, 1.807) is 0 Å². The van der Waals surface area contributed by atoms with Crippen LogP contribution >= 0.6 is 11.5 Å². The minimum atomic E-state index is -0.0425.